The maximum Gasteiger partial charge on any atom is 0.135 e. The minimum atomic E-state index is -0.437. The largest absolute Gasteiger partial charge is 0.497 e. The molecule has 1 aliphatic carbocycles. The Hall–Kier alpha value is -3.29. The summed E-state index contributed by atoms with van der Waals surface area (Å²) in [6.07, 6.45) is 9.34. The second kappa shape index (κ2) is 10.6. The Morgan fingerprint density at radius 2 is 1.92 bits per heavy atom. The van der Waals surface area contributed by atoms with Crippen LogP contribution in [0.5, 0.6) is 5.75 Å². The van der Waals surface area contributed by atoms with Gasteiger partial charge in [-0.2, -0.15) is 5.10 Å². The number of hydrogen-bond acceptors (Lipinski definition) is 4. The van der Waals surface area contributed by atoms with Crippen LogP contribution >= 0.6 is 23.2 Å². The summed E-state index contributed by atoms with van der Waals surface area (Å²) in [5.74, 6) is 0.463. The van der Waals surface area contributed by atoms with Crippen molar-refractivity contribution in [3.63, 3.8) is 0 Å². The van der Waals surface area contributed by atoms with Crippen molar-refractivity contribution in [2.75, 3.05) is 12.4 Å². The lowest BCUT2D eigenvalue weighted by Gasteiger charge is -2.25. The van der Waals surface area contributed by atoms with Crippen LogP contribution in [0.1, 0.15) is 43.2 Å². The molecule has 0 aliphatic heterocycles. The molecule has 1 fully saturated rings. The highest BCUT2D eigenvalue weighted by Gasteiger charge is 2.21. The summed E-state index contributed by atoms with van der Waals surface area (Å²) in [7, 11) is 1.62. The monoisotopic (exact) mass is 539 g/mol. The fraction of sp³-hybridized carbons (Fsp3) is 0.286. The van der Waals surface area contributed by atoms with Gasteiger partial charge in [0, 0.05) is 29.4 Å². The summed E-state index contributed by atoms with van der Waals surface area (Å²) >= 11 is 12.9. The molecule has 0 atom stereocenters. The molecule has 0 saturated heterocycles. The van der Waals surface area contributed by atoms with Gasteiger partial charge < -0.3 is 15.8 Å². The number of aryl methyl sites for hydroxylation is 1. The third kappa shape index (κ3) is 5.24. The Bertz CT molecular complexity index is 1470. The molecule has 0 bridgehead atoms. The number of nitrogens with zero attached hydrogens (tertiary/aromatic N) is 3. The van der Waals surface area contributed by atoms with Gasteiger partial charge in [0.2, 0.25) is 0 Å². The third-order valence-corrected chi connectivity index (χ3v) is 7.42. The first kappa shape index (κ1) is 25.4. The van der Waals surface area contributed by atoms with Crippen LogP contribution in [0, 0.1) is 12.7 Å². The first-order valence-electron chi connectivity index (χ1n) is 12.3. The number of rotatable bonds is 6. The Morgan fingerprint density at radius 1 is 1.14 bits per heavy atom. The van der Waals surface area contributed by atoms with Gasteiger partial charge in [-0.15, -0.1) is 0 Å². The first-order valence-corrected chi connectivity index (χ1v) is 13.0. The highest BCUT2D eigenvalue weighted by Crippen LogP contribution is 2.38. The number of aliphatic imine (C=N–C) groups is 1. The smallest absolute Gasteiger partial charge is 0.135 e. The number of halogens is 3. The minimum Gasteiger partial charge on any atom is -0.497 e. The molecule has 1 saturated carbocycles. The highest BCUT2D eigenvalue weighted by atomic mass is 35.5. The number of hydrogen-bond donors (Lipinski definition) is 2. The molecule has 0 unspecified atom stereocenters. The predicted octanol–water partition coefficient (Wildman–Crippen LogP) is 7.55. The molecule has 0 spiro atoms. The number of aromatic nitrogens is 2. The Morgan fingerprint density at radius 3 is 2.65 bits per heavy atom. The molecular weight excluding hydrogens is 512 g/mol. The van der Waals surface area contributed by atoms with E-state index < -0.39 is 5.82 Å². The van der Waals surface area contributed by atoms with Gasteiger partial charge in [-0.05, 0) is 55.7 Å². The molecule has 192 valence electrons. The second-order valence-corrected chi connectivity index (χ2v) is 10.2. The van der Waals surface area contributed by atoms with Crippen molar-refractivity contribution in [2.24, 2.45) is 10.7 Å². The number of benzene rings is 2. The van der Waals surface area contributed by atoms with Gasteiger partial charge in [0.15, 0.2) is 0 Å². The Balaban J connectivity index is 1.65. The average molecular weight is 540 g/mol. The van der Waals surface area contributed by atoms with Gasteiger partial charge in [0.05, 0.1) is 45.8 Å². The van der Waals surface area contributed by atoms with E-state index in [2.05, 4.69) is 15.4 Å². The van der Waals surface area contributed by atoms with Crippen molar-refractivity contribution in [2.45, 2.75) is 45.1 Å². The number of methoxy groups -OCH3 is 1. The number of anilines is 1. The number of ether oxygens (including phenoxy) is 1. The van der Waals surface area contributed by atoms with Gasteiger partial charge in [0.1, 0.15) is 17.4 Å². The molecule has 1 aliphatic rings. The molecule has 9 heteroatoms. The maximum atomic E-state index is 13.9. The molecule has 0 radical (unpaired) electrons. The third-order valence-electron chi connectivity index (χ3n) is 6.80. The van der Waals surface area contributed by atoms with Crippen molar-refractivity contribution < 1.29 is 9.13 Å². The van der Waals surface area contributed by atoms with E-state index >= 15 is 0 Å². The van der Waals surface area contributed by atoms with E-state index in [1.54, 1.807) is 19.4 Å². The topological polar surface area (TPSA) is 76.9 Å². The fourth-order valence-corrected chi connectivity index (χ4v) is 5.47. The highest BCUT2D eigenvalue weighted by molar-refractivity contribution is 6.34. The van der Waals surface area contributed by atoms with E-state index in [0.717, 1.165) is 40.7 Å². The fourth-order valence-electron chi connectivity index (χ4n) is 4.95. The molecule has 2 heterocycles. The van der Waals surface area contributed by atoms with Crippen LogP contribution in [0.25, 0.3) is 16.6 Å². The van der Waals surface area contributed by atoms with E-state index in [0.29, 0.717) is 27.4 Å². The molecule has 6 nitrogen and oxygen atoms in total. The zero-order valence-corrected chi connectivity index (χ0v) is 22.2. The quantitative estimate of drug-likeness (QED) is 0.196. The summed E-state index contributed by atoms with van der Waals surface area (Å²) in [5.41, 5.74) is 11.9. The number of nitrogens with one attached hydrogen (secondary N) is 1. The zero-order chi connectivity index (χ0) is 26.1. The van der Waals surface area contributed by atoms with Crippen LogP contribution < -0.4 is 15.8 Å². The Labute approximate surface area is 225 Å². The van der Waals surface area contributed by atoms with Crippen molar-refractivity contribution >= 4 is 45.9 Å². The van der Waals surface area contributed by atoms with Gasteiger partial charge in [-0.1, -0.05) is 42.5 Å². The SMILES string of the molecule is COc1cc(C)c(-c2cc3c(NC4CCCCC4)c(C(N)=Nc4cc(F)ccc4Cl)cnn3c2)c(Cl)c1. The van der Waals surface area contributed by atoms with Gasteiger partial charge in [0.25, 0.3) is 0 Å². The summed E-state index contributed by atoms with van der Waals surface area (Å²) in [4.78, 5) is 4.46. The molecule has 2 aromatic carbocycles. The molecule has 0 amide bonds. The second-order valence-electron chi connectivity index (χ2n) is 9.37. The molecule has 4 aromatic rings. The van der Waals surface area contributed by atoms with E-state index in [4.69, 9.17) is 33.7 Å². The minimum absolute atomic E-state index is 0.196. The number of nitrogens with two attached hydrogens (primary N) is 1. The lowest BCUT2D eigenvalue weighted by Crippen LogP contribution is -2.25. The van der Waals surface area contributed by atoms with Gasteiger partial charge in [-0.3, -0.25) is 0 Å². The lowest BCUT2D eigenvalue weighted by atomic mass is 9.95. The van der Waals surface area contributed by atoms with Crippen LogP contribution in [-0.4, -0.2) is 28.6 Å². The zero-order valence-electron chi connectivity index (χ0n) is 20.7. The molecule has 37 heavy (non-hydrogen) atoms. The van der Waals surface area contributed by atoms with Crippen LogP contribution in [0.3, 0.4) is 0 Å². The Kier molecular flexibility index (Phi) is 7.26. The summed E-state index contributed by atoms with van der Waals surface area (Å²) < 4.78 is 21.0. The van der Waals surface area contributed by atoms with Gasteiger partial charge >= 0.3 is 0 Å². The number of fused-ring (bicyclic) bond motifs is 1. The van der Waals surface area contributed by atoms with Crippen molar-refractivity contribution in [3.05, 3.63) is 75.8 Å². The van der Waals surface area contributed by atoms with Crippen molar-refractivity contribution in [3.8, 4) is 16.9 Å². The lowest BCUT2D eigenvalue weighted by molar-refractivity contribution is 0.414. The van der Waals surface area contributed by atoms with E-state index in [1.807, 2.05) is 29.8 Å². The van der Waals surface area contributed by atoms with Crippen molar-refractivity contribution in [1.82, 2.24) is 9.61 Å². The van der Waals surface area contributed by atoms with E-state index in [-0.39, 0.29) is 11.5 Å². The first-order chi connectivity index (χ1) is 17.8. The molecule has 2 aromatic heterocycles. The van der Waals surface area contributed by atoms with Crippen molar-refractivity contribution in [1.29, 1.82) is 0 Å². The number of amidine groups is 1. The standard InChI is InChI=1S/C28H28Cl2FN5O/c1-16-10-20(37-2)13-23(30)26(16)17-11-25-27(34-19-6-4-3-5-7-19)21(14-33-36(25)15-17)28(32)35-24-12-18(31)8-9-22(24)29/h8-15,19,34H,3-7H2,1-2H3,(H2,32,35). The summed E-state index contributed by atoms with van der Waals surface area (Å²) in [6, 6.07) is 10.1. The summed E-state index contributed by atoms with van der Waals surface area (Å²) in [5, 5.41) is 9.24. The molecule has 5 rings (SSSR count). The molecule has 3 N–H and O–H groups in total. The normalized spacial score (nSPS) is 14.8. The molecular formula is C28H28Cl2FN5O. The predicted molar refractivity (Wildman–Crippen MR) is 149 cm³/mol. The van der Waals surface area contributed by atoms with E-state index in [9.17, 15) is 4.39 Å². The average Bonchev–Trinajstić information content (AvgIpc) is 3.30. The maximum absolute atomic E-state index is 13.9. The van der Waals surface area contributed by atoms with Crippen LogP contribution in [0.2, 0.25) is 10.0 Å². The van der Waals surface area contributed by atoms with Gasteiger partial charge in [-0.25, -0.2) is 13.9 Å². The van der Waals surface area contributed by atoms with Crippen LogP contribution in [-0.2, 0) is 0 Å². The summed E-state index contributed by atoms with van der Waals surface area (Å²) in [6.45, 7) is 2.00. The van der Waals surface area contributed by atoms with Crippen LogP contribution in [0.4, 0.5) is 15.8 Å². The van der Waals surface area contributed by atoms with E-state index in [1.165, 1.54) is 37.5 Å². The van der Waals surface area contributed by atoms with Crippen LogP contribution in [0.15, 0.2) is 53.8 Å².